The second-order valence-electron chi connectivity index (χ2n) is 7.27. The summed E-state index contributed by atoms with van der Waals surface area (Å²) in [6.45, 7) is 2.14. The molecule has 4 heteroatoms. The first kappa shape index (κ1) is 15.4. The first-order chi connectivity index (χ1) is 11.6. The number of hydrogen-bond acceptors (Lipinski definition) is 3. The van der Waals surface area contributed by atoms with Gasteiger partial charge >= 0.3 is 6.09 Å². The molecule has 4 aliphatic rings. The molecule has 1 saturated heterocycles. The number of cyclic esters (lactones) is 1. The highest BCUT2D eigenvalue weighted by Gasteiger charge is 2.45. The van der Waals surface area contributed by atoms with E-state index in [1.807, 2.05) is 23.1 Å². The summed E-state index contributed by atoms with van der Waals surface area (Å²) >= 11 is 0. The molecule has 1 saturated carbocycles. The predicted molar refractivity (Wildman–Crippen MR) is 90.2 cm³/mol. The van der Waals surface area contributed by atoms with E-state index in [1.165, 1.54) is 5.56 Å². The lowest BCUT2D eigenvalue weighted by Gasteiger charge is -2.43. The third kappa shape index (κ3) is 2.64. The highest BCUT2D eigenvalue weighted by molar-refractivity contribution is 5.79. The number of hydrogen-bond donors (Lipinski definition) is 0. The summed E-state index contributed by atoms with van der Waals surface area (Å²) in [6, 6.07) is 10.3. The van der Waals surface area contributed by atoms with Crippen molar-refractivity contribution in [3.63, 3.8) is 0 Å². The molecule has 5 rings (SSSR count). The van der Waals surface area contributed by atoms with Crippen LogP contribution in [0.2, 0.25) is 0 Å². The molecule has 0 unspecified atom stereocenters. The van der Waals surface area contributed by atoms with Gasteiger partial charge in [-0.2, -0.15) is 0 Å². The zero-order valence-electron chi connectivity index (χ0n) is 14.0. The third-order valence-electron chi connectivity index (χ3n) is 5.78. The molecular weight excluding hydrogens is 302 g/mol. The average molecular weight is 325 g/mol. The van der Waals surface area contributed by atoms with E-state index in [-0.39, 0.29) is 29.8 Å². The van der Waals surface area contributed by atoms with E-state index in [2.05, 4.69) is 18.2 Å². The van der Waals surface area contributed by atoms with Crippen LogP contribution >= 0.6 is 0 Å². The molecule has 0 spiro atoms. The van der Waals surface area contributed by atoms with Gasteiger partial charge in [-0.05, 0) is 50.0 Å². The Morgan fingerprint density at radius 2 is 2.04 bits per heavy atom. The number of benzene rings is 1. The fourth-order valence-corrected chi connectivity index (χ4v) is 4.58. The minimum absolute atomic E-state index is 0.0567. The summed E-state index contributed by atoms with van der Waals surface area (Å²) in [7, 11) is 0. The minimum atomic E-state index is -0.228. The van der Waals surface area contributed by atoms with E-state index in [1.54, 1.807) is 6.92 Å². The molecular formula is C20H23NO3. The smallest absolute Gasteiger partial charge is 0.414 e. The zero-order chi connectivity index (χ0) is 16.7. The van der Waals surface area contributed by atoms with E-state index in [9.17, 15) is 9.59 Å². The van der Waals surface area contributed by atoms with Gasteiger partial charge in [-0.15, -0.1) is 0 Å². The van der Waals surface area contributed by atoms with Crippen LogP contribution in [0.25, 0.3) is 0 Å². The van der Waals surface area contributed by atoms with Crippen LogP contribution in [0.4, 0.5) is 4.79 Å². The maximum atomic E-state index is 12.4. The highest BCUT2D eigenvalue weighted by Crippen LogP contribution is 2.47. The normalized spacial score (nSPS) is 31.8. The number of Topliss-reactive ketones (excluding diaryl/α,β-unsaturated/α-hetero) is 1. The first-order valence-electron chi connectivity index (χ1n) is 8.85. The number of allylic oxidation sites excluding steroid dienone is 2. The lowest BCUT2D eigenvalue weighted by atomic mass is 9.66. The molecule has 1 heterocycles. The van der Waals surface area contributed by atoms with Crippen molar-refractivity contribution in [2.24, 2.45) is 17.8 Å². The molecule has 0 radical (unpaired) electrons. The topological polar surface area (TPSA) is 46.6 Å². The molecule has 24 heavy (non-hydrogen) atoms. The minimum Gasteiger partial charge on any atom is -0.447 e. The number of ether oxygens (including phenoxy) is 1. The van der Waals surface area contributed by atoms with Gasteiger partial charge < -0.3 is 4.74 Å². The molecule has 2 bridgehead atoms. The van der Waals surface area contributed by atoms with E-state index in [0.29, 0.717) is 12.5 Å². The van der Waals surface area contributed by atoms with Gasteiger partial charge in [0.15, 0.2) is 0 Å². The van der Waals surface area contributed by atoms with Crippen molar-refractivity contribution in [2.75, 3.05) is 6.61 Å². The van der Waals surface area contributed by atoms with Crippen LogP contribution < -0.4 is 0 Å². The Kier molecular flexibility index (Phi) is 3.91. The molecule has 126 valence electrons. The number of fused-ring (bicyclic) bond motifs is 2. The van der Waals surface area contributed by atoms with Crippen LogP contribution in [0, 0.1) is 17.8 Å². The Labute approximate surface area is 142 Å². The number of carbonyl (C=O) groups is 2. The summed E-state index contributed by atoms with van der Waals surface area (Å²) in [6.07, 6.45) is 5.78. The largest absolute Gasteiger partial charge is 0.447 e. The summed E-state index contributed by atoms with van der Waals surface area (Å²) in [5.41, 5.74) is 2.32. The van der Waals surface area contributed by atoms with Crippen molar-refractivity contribution < 1.29 is 14.3 Å². The van der Waals surface area contributed by atoms with Gasteiger partial charge in [-0.1, -0.05) is 36.4 Å². The van der Waals surface area contributed by atoms with Crippen LogP contribution in [0.3, 0.4) is 0 Å². The zero-order valence-corrected chi connectivity index (χ0v) is 14.0. The van der Waals surface area contributed by atoms with Crippen molar-refractivity contribution in [2.45, 2.75) is 38.6 Å². The average Bonchev–Trinajstić information content (AvgIpc) is 2.96. The van der Waals surface area contributed by atoms with Crippen molar-refractivity contribution in [1.29, 1.82) is 0 Å². The Balaban J connectivity index is 1.59. The lowest BCUT2D eigenvalue weighted by Crippen LogP contribution is -2.43. The molecule has 4 nitrogen and oxygen atoms in total. The van der Waals surface area contributed by atoms with E-state index >= 15 is 0 Å². The number of nitrogens with zero attached hydrogens (tertiary/aromatic N) is 1. The fourth-order valence-electron chi connectivity index (χ4n) is 4.58. The summed E-state index contributed by atoms with van der Waals surface area (Å²) in [5, 5.41) is 0. The molecule has 2 fully saturated rings. The van der Waals surface area contributed by atoms with Crippen molar-refractivity contribution in [3.05, 3.63) is 47.7 Å². The van der Waals surface area contributed by atoms with Crippen LogP contribution in [0.15, 0.2) is 42.1 Å². The number of ketones is 1. The quantitative estimate of drug-likeness (QED) is 0.850. The maximum absolute atomic E-state index is 12.4. The molecule has 3 aliphatic carbocycles. The van der Waals surface area contributed by atoms with Gasteiger partial charge in [0.25, 0.3) is 0 Å². The van der Waals surface area contributed by atoms with Gasteiger partial charge in [-0.3, -0.25) is 9.69 Å². The van der Waals surface area contributed by atoms with Gasteiger partial charge in [0.05, 0.1) is 6.04 Å². The molecule has 1 aliphatic heterocycles. The van der Waals surface area contributed by atoms with Crippen LogP contribution in [0.5, 0.6) is 0 Å². The number of carbonyl (C=O) groups excluding carboxylic acids is 2. The summed E-state index contributed by atoms with van der Waals surface area (Å²) in [4.78, 5) is 26.1. The first-order valence-corrected chi connectivity index (χ1v) is 8.85. The molecule has 0 aromatic heterocycles. The van der Waals surface area contributed by atoms with E-state index < -0.39 is 0 Å². The lowest BCUT2D eigenvalue weighted by molar-refractivity contribution is -0.123. The second-order valence-corrected chi connectivity index (χ2v) is 7.27. The van der Waals surface area contributed by atoms with Gasteiger partial charge in [0.1, 0.15) is 12.4 Å². The monoisotopic (exact) mass is 325 g/mol. The van der Waals surface area contributed by atoms with Gasteiger partial charge in [-0.25, -0.2) is 4.79 Å². The highest BCUT2D eigenvalue weighted by atomic mass is 16.6. The second kappa shape index (κ2) is 6.08. The summed E-state index contributed by atoms with van der Waals surface area (Å²) in [5.74, 6) is 1.02. The predicted octanol–water partition coefficient (Wildman–Crippen LogP) is 3.57. The van der Waals surface area contributed by atoms with Crippen LogP contribution in [-0.2, 0) is 16.0 Å². The van der Waals surface area contributed by atoms with Crippen molar-refractivity contribution in [1.82, 2.24) is 4.90 Å². The Morgan fingerprint density at radius 3 is 2.71 bits per heavy atom. The summed E-state index contributed by atoms with van der Waals surface area (Å²) < 4.78 is 5.36. The molecule has 1 aromatic carbocycles. The van der Waals surface area contributed by atoms with Crippen molar-refractivity contribution in [3.8, 4) is 0 Å². The molecule has 4 atom stereocenters. The van der Waals surface area contributed by atoms with Gasteiger partial charge in [0, 0.05) is 11.6 Å². The fraction of sp³-hybridized carbons (Fsp3) is 0.500. The molecule has 0 N–H and O–H groups in total. The Hall–Kier alpha value is -2.10. The molecule has 1 aromatic rings. The number of amides is 1. The third-order valence-corrected chi connectivity index (χ3v) is 5.78. The SMILES string of the molecule is CC(=O)[C@@H]1C[C@@H]2CC[C@H]1C=C2N1C(=O)OC[C@H]1Cc1ccccc1. The van der Waals surface area contributed by atoms with Crippen molar-refractivity contribution >= 4 is 11.9 Å². The number of rotatable bonds is 4. The maximum Gasteiger partial charge on any atom is 0.414 e. The van der Waals surface area contributed by atoms with E-state index in [4.69, 9.17) is 4.74 Å². The molecule has 1 amide bonds. The van der Waals surface area contributed by atoms with Gasteiger partial charge in [0.2, 0.25) is 0 Å². The Bertz CT molecular complexity index is 681. The Morgan fingerprint density at radius 1 is 1.25 bits per heavy atom. The standard InChI is InChI=1S/C20H23NO3/c1-13(22)18-10-16-8-7-15(18)11-19(16)21-17(12-24-20(21)23)9-14-5-3-2-4-6-14/h2-6,11,15-18H,7-10,12H2,1H3/t15-,16-,17+,18-/m0/s1. The van der Waals surface area contributed by atoms with E-state index in [0.717, 1.165) is 31.4 Å². The van der Waals surface area contributed by atoms with Crippen LogP contribution in [-0.4, -0.2) is 29.4 Å². The van der Waals surface area contributed by atoms with Crippen LogP contribution in [0.1, 0.15) is 31.7 Å².